The minimum Gasteiger partial charge on any atom is -0.464 e. The van der Waals surface area contributed by atoms with Gasteiger partial charge in [0.2, 0.25) is 0 Å². The first-order valence-electron chi connectivity index (χ1n) is 6.51. The third-order valence-electron chi connectivity index (χ3n) is 3.36. The molecule has 4 heteroatoms. The summed E-state index contributed by atoms with van der Waals surface area (Å²) >= 11 is 0. The highest BCUT2D eigenvalue weighted by Gasteiger charge is 2.19. The van der Waals surface area contributed by atoms with Crippen LogP contribution in [-0.2, 0) is 0 Å². The van der Waals surface area contributed by atoms with Crippen LogP contribution in [0.3, 0.4) is 0 Å². The predicted octanol–water partition coefficient (Wildman–Crippen LogP) is 2.82. The van der Waals surface area contributed by atoms with E-state index in [4.69, 9.17) is 4.42 Å². The molecule has 0 aliphatic heterocycles. The van der Waals surface area contributed by atoms with Gasteiger partial charge in [0, 0.05) is 18.8 Å². The van der Waals surface area contributed by atoms with Gasteiger partial charge in [0.1, 0.15) is 11.4 Å². The van der Waals surface area contributed by atoms with E-state index in [0.29, 0.717) is 12.6 Å². The van der Waals surface area contributed by atoms with Gasteiger partial charge in [-0.15, -0.1) is 0 Å². The predicted molar refractivity (Wildman–Crippen MR) is 72.8 cm³/mol. The Morgan fingerprint density at radius 1 is 1.33 bits per heavy atom. The molecule has 0 amide bonds. The number of anilines is 1. The summed E-state index contributed by atoms with van der Waals surface area (Å²) in [5, 5.41) is 10.3. The molecule has 0 aliphatic carbocycles. The van der Waals surface area contributed by atoms with Crippen molar-refractivity contribution in [3.63, 3.8) is 0 Å². The van der Waals surface area contributed by atoms with Crippen molar-refractivity contribution in [3.8, 4) is 0 Å². The van der Waals surface area contributed by atoms with E-state index in [1.54, 1.807) is 12.5 Å². The summed E-state index contributed by atoms with van der Waals surface area (Å²) in [5.74, 6) is 0.906. The summed E-state index contributed by atoms with van der Waals surface area (Å²) in [6, 6.07) is 4.19. The Balaban J connectivity index is 2.43. The molecular formula is C14H20N2O2. The zero-order chi connectivity index (χ0) is 13.0. The van der Waals surface area contributed by atoms with Crippen molar-refractivity contribution >= 4 is 16.8 Å². The molecule has 0 aliphatic rings. The molecule has 0 atom stereocenters. The normalized spacial score (nSPS) is 11.3. The van der Waals surface area contributed by atoms with Crippen molar-refractivity contribution in [1.29, 1.82) is 0 Å². The summed E-state index contributed by atoms with van der Waals surface area (Å²) in [7, 11) is 0. The van der Waals surface area contributed by atoms with Gasteiger partial charge >= 0.3 is 0 Å². The van der Waals surface area contributed by atoms with E-state index in [1.165, 1.54) is 0 Å². The average Bonchev–Trinajstić information content (AvgIpc) is 2.87. The fourth-order valence-electron chi connectivity index (χ4n) is 2.41. The second kappa shape index (κ2) is 5.87. The molecule has 2 aromatic heterocycles. The van der Waals surface area contributed by atoms with Crippen LogP contribution in [0.25, 0.3) is 11.0 Å². The fourth-order valence-corrected chi connectivity index (χ4v) is 2.41. The maximum Gasteiger partial charge on any atom is 0.140 e. The maximum absolute atomic E-state index is 9.27. The van der Waals surface area contributed by atoms with Gasteiger partial charge in [-0.3, -0.25) is 0 Å². The van der Waals surface area contributed by atoms with Gasteiger partial charge in [0.15, 0.2) is 0 Å². The van der Waals surface area contributed by atoms with Gasteiger partial charge in [-0.25, -0.2) is 4.98 Å². The van der Waals surface area contributed by atoms with Crippen LogP contribution in [0.5, 0.6) is 0 Å². The van der Waals surface area contributed by atoms with Crippen LogP contribution in [0.1, 0.15) is 26.7 Å². The van der Waals surface area contributed by atoms with Crippen molar-refractivity contribution in [2.24, 2.45) is 0 Å². The molecular weight excluding hydrogens is 228 g/mol. The number of aliphatic hydroxyl groups excluding tert-OH is 1. The zero-order valence-corrected chi connectivity index (χ0v) is 11.0. The average molecular weight is 248 g/mol. The third kappa shape index (κ3) is 2.34. The highest BCUT2D eigenvalue weighted by atomic mass is 16.3. The van der Waals surface area contributed by atoms with Gasteiger partial charge in [-0.1, -0.05) is 13.8 Å². The molecule has 18 heavy (non-hydrogen) atoms. The van der Waals surface area contributed by atoms with E-state index in [9.17, 15) is 5.11 Å². The standard InChI is InChI=1S/C14H20N2O2/c1-3-11(4-2)16(8-9-17)14-12-6-10-18-13(12)5-7-15-14/h5-7,10-11,17H,3-4,8-9H2,1-2H3. The molecule has 98 valence electrons. The smallest absolute Gasteiger partial charge is 0.140 e. The first-order chi connectivity index (χ1) is 8.81. The van der Waals surface area contributed by atoms with Crippen LogP contribution < -0.4 is 4.90 Å². The van der Waals surface area contributed by atoms with Crippen molar-refractivity contribution < 1.29 is 9.52 Å². The second-order valence-electron chi connectivity index (χ2n) is 4.35. The zero-order valence-electron chi connectivity index (χ0n) is 11.0. The summed E-state index contributed by atoms with van der Waals surface area (Å²) in [5.41, 5.74) is 0.842. The Hall–Kier alpha value is -1.55. The minimum absolute atomic E-state index is 0.131. The van der Waals surface area contributed by atoms with E-state index in [-0.39, 0.29) is 6.61 Å². The second-order valence-corrected chi connectivity index (χ2v) is 4.35. The lowest BCUT2D eigenvalue weighted by Gasteiger charge is -2.31. The molecule has 0 unspecified atom stereocenters. The summed E-state index contributed by atoms with van der Waals surface area (Å²) in [6.07, 6.45) is 5.51. The van der Waals surface area contributed by atoms with E-state index < -0.39 is 0 Å². The monoisotopic (exact) mass is 248 g/mol. The van der Waals surface area contributed by atoms with Gasteiger partial charge in [-0.05, 0) is 25.0 Å². The molecule has 2 aromatic rings. The lowest BCUT2D eigenvalue weighted by molar-refractivity contribution is 0.295. The number of rotatable bonds is 6. The van der Waals surface area contributed by atoms with Crippen LogP contribution in [0.15, 0.2) is 29.0 Å². The summed E-state index contributed by atoms with van der Waals surface area (Å²) in [4.78, 5) is 6.65. The van der Waals surface area contributed by atoms with Crippen LogP contribution >= 0.6 is 0 Å². The lowest BCUT2D eigenvalue weighted by Crippen LogP contribution is -2.37. The molecule has 4 nitrogen and oxygen atoms in total. The number of furan rings is 1. The molecule has 0 aromatic carbocycles. The number of fused-ring (bicyclic) bond motifs is 1. The van der Waals surface area contributed by atoms with Gasteiger partial charge < -0.3 is 14.4 Å². The quantitative estimate of drug-likeness (QED) is 0.854. The molecule has 1 N–H and O–H groups in total. The molecule has 0 fully saturated rings. The molecule has 2 rings (SSSR count). The highest BCUT2D eigenvalue weighted by molar-refractivity contribution is 5.88. The van der Waals surface area contributed by atoms with Crippen molar-refractivity contribution in [2.75, 3.05) is 18.1 Å². The summed E-state index contributed by atoms with van der Waals surface area (Å²) in [6.45, 7) is 5.05. The highest BCUT2D eigenvalue weighted by Crippen LogP contribution is 2.27. The Bertz CT molecular complexity index is 491. The molecule has 0 bridgehead atoms. The molecule has 0 radical (unpaired) electrons. The van der Waals surface area contributed by atoms with E-state index in [0.717, 1.165) is 29.6 Å². The van der Waals surface area contributed by atoms with Crippen molar-refractivity contribution in [1.82, 2.24) is 4.98 Å². The molecule has 2 heterocycles. The van der Waals surface area contributed by atoms with E-state index in [1.807, 2.05) is 12.1 Å². The van der Waals surface area contributed by atoms with E-state index in [2.05, 4.69) is 23.7 Å². The minimum atomic E-state index is 0.131. The molecule has 0 saturated carbocycles. The molecule has 0 saturated heterocycles. The van der Waals surface area contributed by atoms with E-state index >= 15 is 0 Å². The third-order valence-corrected chi connectivity index (χ3v) is 3.36. The lowest BCUT2D eigenvalue weighted by atomic mass is 10.1. The fraction of sp³-hybridized carbons (Fsp3) is 0.500. The number of pyridine rings is 1. The van der Waals surface area contributed by atoms with Crippen molar-refractivity contribution in [2.45, 2.75) is 32.7 Å². The first kappa shape index (κ1) is 12.9. The summed E-state index contributed by atoms with van der Waals surface area (Å²) < 4.78 is 5.40. The van der Waals surface area contributed by atoms with Gasteiger partial charge in [-0.2, -0.15) is 0 Å². The number of nitrogens with zero attached hydrogens (tertiary/aromatic N) is 2. The van der Waals surface area contributed by atoms with Crippen molar-refractivity contribution in [3.05, 3.63) is 24.6 Å². The van der Waals surface area contributed by atoms with Crippen LogP contribution in [-0.4, -0.2) is 29.3 Å². The largest absolute Gasteiger partial charge is 0.464 e. The Kier molecular flexibility index (Phi) is 4.20. The SMILES string of the molecule is CCC(CC)N(CCO)c1nccc2occc12. The number of aliphatic hydroxyl groups is 1. The van der Waals surface area contributed by atoms with Gasteiger partial charge in [0.05, 0.1) is 18.3 Å². The first-order valence-corrected chi connectivity index (χ1v) is 6.51. The maximum atomic E-state index is 9.27. The number of aromatic nitrogens is 1. The Morgan fingerprint density at radius 3 is 2.78 bits per heavy atom. The van der Waals surface area contributed by atoms with Gasteiger partial charge in [0.25, 0.3) is 0 Å². The van der Waals surface area contributed by atoms with Crippen LogP contribution in [0.4, 0.5) is 5.82 Å². The van der Waals surface area contributed by atoms with Crippen LogP contribution in [0.2, 0.25) is 0 Å². The topological polar surface area (TPSA) is 49.5 Å². The molecule has 0 spiro atoms. The van der Waals surface area contributed by atoms with Crippen LogP contribution in [0, 0.1) is 0 Å². The number of hydrogen-bond donors (Lipinski definition) is 1. The Labute approximate surface area is 107 Å². The Morgan fingerprint density at radius 2 is 2.11 bits per heavy atom. The number of hydrogen-bond acceptors (Lipinski definition) is 4.